The molecule has 0 amide bonds. The van der Waals surface area contributed by atoms with Crippen molar-refractivity contribution in [3.63, 3.8) is 0 Å². The third kappa shape index (κ3) is 4.77. The minimum Gasteiger partial charge on any atom is -0.369 e. The normalized spacial score (nSPS) is 18.8. The van der Waals surface area contributed by atoms with Crippen LogP contribution >= 0.6 is 11.6 Å². The number of halogens is 1. The molecule has 0 aliphatic carbocycles. The van der Waals surface area contributed by atoms with E-state index in [1.807, 2.05) is 30.3 Å². The molecule has 2 aliphatic heterocycles. The van der Waals surface area contributed by atoms with Gasteiger partial charge in [0.05, 0.1) is 23.1 Å². The summed E-state index contributed by atoms with van der Waals surface area (Å²) in [5.74, 6) is 0.773. The number of rotatable bonds is 4. The van der Waals surface area contributed by atoms with Crippen LogP contribution in [0.3, 0.4) is 0 Å². The zero-order chi connectivity index (χ0) is 22.9. The van der Waals surface area contributed by atoms with Gasteiger partial charge in [-0.25, -0.2) is 4.98 Å². The van der Waals surface area contributed by atoms with E-state index >= 15 is 0 Å². The predicted octanol–water partition coefficient (Wildman–Crippen LogP) is 2.54. The summed E-state index contributed by atoms with van der Waals surface area (Å²) >= 11 is 6.12. The van der Waals surface area contributed by atoms with Crippen molar-refractivity contribution in [2.45, 2.75) is 6.54 Å². The van der Waals surface area contributed by atoms with Gasteiger partial charge in [0.1, 0.15) is 5.82 Å². The molecule has 8 heteroatoms. The maximum absolute atomic E-state index is 13.7. The van der Waals surface area contributed by atoms with Crippen molar-refractivity contribution >= 4 is 28.2 Å². The molecule has 1 aromatic heterocycles. The number of hydrogen-bond donors (Lipinski definition) is 0. The number of benzene rings is 2. The highest BCUT2D eigenvalue weighted by Crippen LogP contribution is 2.23. The summed E-state index contributed by atoms with van der Waals surface area (Å²) in [4.78, 5) is 28.2. The van der Waals surface area contributed by atoms with E-state index in [1.54, 1.807) is 4.57 Å². The number of fused-ring (bicyclic) bond motifs is 1. The molecule has 0 spiro atoms. The van der Waals surface area contributed by atoms with Crippen LogP contribution in [0.4, 0.5) is 5.69 Å². The van der Waals surface area contributed by atoms with E-state index in [-0.39, 0.29) is 5.56 Å². The molecular formula is C25H31ClN6O. The lowest BCUT2D eigenvalue weighted by Crippen LogP contribution is -2.45. The van der Waals surface area contributed by atoms with Gasteiger partial charge in [-0.05, 0) is 56.6 Å². The van der Waals surface area contributed by atoms with Gasteiger partial charge in [-0.15, -0.1) is 0 Å². The van der Waals surface area contributed by atoms with Crippen LogP contribution < -0.4 is 10.5 Å². The van der Waals surface area contributed by atoms with E-state index < -0.39 is 0 Å². The minimum absolute atomic E-state index is 0.0311. The van der Waals surface area contributed by atoms with Crippen molar-refractivity contribution in [2.24, 2.45) is 0 Å². The molecule has 2 aliphatic rings. The smallest absolute Gasteiger partial charge is 0.266 e. The Morgan fingerprint density at radius 2 is 1.42 bits per heavy atom. The molecule has 3 heterocycles. The average molecular weight is 467 g/mol. The van der Waals surface area contributed by atoms with Crippen molar-refractivity contribution in [1.82, 2.24) is 24.3 Å². The molecule has 2 fully saturated rings. The quantitative estimate of drug-likeness (QED) is 0.589. The zero-order valence-electron chi connectivity index (χ0n) is 19.4. The first-order valence-corrected chi connectivity index (χ1v) is 12.0. The van der Waals surface area contributed by atoms with Gasteiger partial charge in [0.25, 0.3) is 5.56 Å². The first-order valence-electron chi connectivity index (χ1n) is 11.6. The second-order valence-electron chi connectivity index (χ2n) is 9.22. The Morgan fingerprint density at radius 3 is 2.09 bits per heavy atom. The highest BCUT2D eigenvalue weighted by atomic mass is 35.5. The third-order valence-corrected chi connectivity index (χ3v) is 7.09. The van der Waals surface area contributed by atoms with E-state index in [0.717, 1.165) is 75.1 Å². The van der Waals surface area contributed by atoms with Gasteiger partial charge in [-0.1, -0.05) is 11.6 Å². The fourth-order valence-corrected chi connectivity index (χ4v) is 4.78. The van der Waals surface area contributed by atoms with Gasteiger partial charge in [0, 0.05) is 63.1 Å². The third-order valence-electron chi connectivity index (χ3n) is 6.84. The molecule has 2 aromatic carbocycles. The molecule has 3 aromatic rings. The molecular weight excluding hydrogens is 436 g/mol. The largest absolute Gasteiger partial charge is 0.369 e. The first-order chi connectivity index (χ1) is 16.0. The summed E-state index contributed by atoms with van der Waals surface area (Å²) < 4.78 is 1.76. The molecule has 0 unspecified atom stereocenters. The lowest BCUT2D eigenvalue weighted by atomic mass is 10.1. The highest BCUT2D eigenvalue weighted by molar-refractivity contribution is 6.30. The average Bonchev–Trinajstić information content (AvgIpc) is 2.82. The molecule has 0 saturated carbocycles. The van der Waals surface area contributed by atoms with Crippen LogP contribution in [-0.2, 0) is 6.54 Å². The maximum atomic E-state index is 13.7. The predicted molar refractivity (Wildman–Crippen MR) is 135 cm³/mol. The van der Waals surface area contributed by atoms with Crippen LogP contribution in [0.2, 0.25) is 5.02 Å². The summed E-state index contributed by atoms with van der Waals surface area (Å²) in [6, 6.07) is 13.5. The van der Waals surface area contributed by atoms with Crippen LogP contribution in [0, 0.1) is 0 Å². The number of likely N-dealkylation sites (N-methyl/N-ethyl adjacent to an activating group) is 2. The van der Waals surface area contributed by atoms with Crippen molar-refractivity contribution in [1.29, 1.82) is 0 Å². The van der Waals surface area contributed by atoms with Gasteiger partial charge < -0.3 is 14.7 Å². The molecule has 0 radical (unpaired) electrons. The maximum Gasteiger partial charge on any atom is 0.266 e. The zero-order valence-corrected chi connectivity index (χ0v) is 20.1. The molecule has 5 rings (SSSR count). The van der Waals surface area contributed by atoms with Crippen LogP contribution in [0.5, 0.6) is 0 Å². The number of aromatic nitrogens is 2. The molecule has 2 saturated heterocycles. The standard InChI is InChI=1S/C25H31ClN6O/c1-28-9-13-30(14-10-28)18-24-27-23-17-21(31-15-11-29(2)12-16-31)7-8-22(23)25(33)32(24)20-5-3-19(26)4-6-20/h3-8,17H,9-16,18H2,1-2H3. The Balaban J connectivity index is 1.57. The van der Waals surface area contributed by atoms with Crippen LogP contribution in [0.15, 0.2) is 47.3 Å². The fraction of sp³-hybridized carbons (Fsp3) is 0.440. The van der Waals surface area contributed by atoms with Gasteiger partial charge in [-0.2, -0.15) is 0 Å². The van der Waals surface area contributed by atoms with Gasteiger partial charge >= 0.3 is 0 Å². The number of hydrogen-bond acceptors (Lipinski definition) is 6. The Morgan fingerprint density at radius 1 is 0.818 bits per heavy atom. The number of nitrogens with zero attached hydrogens (tertiary/aromatic N) is 6. The fourth-order valence-electron chi connectivity index (χ4n) is 4.65. The van der Waals surface area contributed by atoms with Crippen LogP contribution in [0.25, 0.3) is 16.6 Å². The lowest BCUT2D eigenvalue weighted by molar-refractivity contribution is 0.144. The monoisotopic (exact) mass is 466 g/mol. The Bertz CT molecular complexity index is 1180. The molecule has 174 valence electrons. The molecule has 33 heavy (non-hydrogen) atoms. The summed E-state index contributed by atoms with van der Waals surface area (Å²) in [6.45, 7) is 8.66. The topological polar surface area (TPSA) is 47.9 Å². The van der Waals surface area contributed by atoms with E-state index in [4.69, 9.17) is 16.6 Å². The van der Waals surface area contributed by atoms with Crippen LogP contribution in [0.1, 0.15) is 5.82 Å². The summed E-state index contributed by atoms with van der Waals surface area (Å²) in [5.41, 5.74) is 2.67. The molecule has 0 atom stereocenters. The van der Waals surface area contributed by atoms with E-state index in [2.05, 4.69) is 45.8 Å². The summed E-state index contributed by atoms with van der Waals surface area (Å²) in [5, 5.41) is 1.29. The Labute approximate surface area is 199 Å². The summed E-state index contributed by atoms with van der Waals surface area (Å²) in [6.07, 6.45) is 0. The second-order valence-corrected chi connectivity index (χ2v) is 9.65. The van der Waals surface area contributed by atoms with Gasteiger partial charge in [-0.3, -0.25) is 14.3 Å². The van der Waals surface area contributed by atoms with E-state index in [0.29, 0.717) is 17.0 Å². The first kappa shape index (κ1) is 22.3. The van der Waals surface area contributed by atoms with E-state index in [9.17, 15) is 4.79 Å². The van der Waals surface area contributed by atoms with E-state index in [1.165, 1.54) is 0 Å². The van der Waals surface area contributed by atoms with Crippen molar-refractivity contribution < 1.29 is 0 Å². The minimum atomic E-state index is -0.0311. The number of anilines is 1. The van der Waals surface area contributed by atoms with Gasteiger partial charge in [0.2, 0.25) is 0 Å². The second kappa shape index (κ2) is 9.43. The Kier molecular flexibility index (Phi) is 6.38. The molecule has 7 nitrogen and oxygen atoms in total. The van der Waals surface area contributed by atoms with Gasteiger partial charge in [0.15, 0.2) is 0 Å². The SMILES string of the molecule is CN1CCN(Cc2nc3cc(N4CCN(C)CC4)ccc3c(=O)n2-c2ccc(Cl)cc2)CC1. The molecule has 0 N–H and O–H groups in total. The Hall–Kier alpha value is -2.45. The number of piperazine rings is 2. The van der Waals surface area contributed by atoms with Crippen molar-refractivity contribution in [3.8, 4) is 5.69 Å². The highest BCUT2D eigenvalue weighted by Gasteiger charge is 2.20. The summed E-state index contributed by atoms with van der Waals surface area (Å²) in [7, 11) is 4.30. The lowest BCUT2D eigenvalue weighted by Gasteiger charge is -2.34. The van der Waals surface area contributed by atoms with Crippen molar-refractivity contribution in [2.75, 3.05) is 71.4 Å². The van der Waals surface area contributed by atoms with Crippen LogP contribution in [-0.4, -0.2) is 90.7 Å². The molecule has 0 bridgehead atoms. The van der Waals surface area contributed by atoms with Crippen molar-refractivity contribution in [3.05, 3.63) is 63.7 Å².